The van der Waals surface area contributed by atoms with Crippen LogP contribution in [0.25, 0.3) is 0 Å². The van der Waals surface area contributed by atoms with Gasteiger partial charge in [-0.15, -0.1) is 0 Å². The average molecular weight is 328 g/mol. The zero-order valence-corrected chi connectivity index (χ0v) is 15.5. The first-order chi connectivity index (χ1) is 11.2. The van der Waals surface area contributed by atoms with E-state index in [1.807, 2.05) is 0 Å². The number of methoxy groups -OCH3 is 1. The molecule has 0 radical (unpaired) electrons. The van der Waals surface area contributed by atoms with Crippen molar-refractivity contribution >= 4 is 0 Å². The highest BCUT2D eigenvalue weighted by Gasteiger charge is 2.17. The van der Waals surface area contributed by atoms with Crippen molar-refractivity contribution in [3.63, 3.8) is 0 Å². The summed E-state index contributed by atoms with van der Waals surface area (Å²) in [4.78, 5) is 12.6. The zero-order chi connectivity index (χ0) is 16.5. The van der Waals surface area contributed by atoms with E-state index in [1.165, 1.54) is 78.5 Å². The van der Waals surface area contributed by atoms with Gasteiger partial charge in [-0.2, -0.15) is 0 Å². The maximum Gasteiger partial charge on any atom is 0.0589 e. The first-order valence-corrected chi connectivity index (χ1v) is 9.20. The summed E-state index contributed by atoms with van der Waals surface area (Å²) in [5, 5.41) is 0. The largest absolute Gasteiger partial charge is 0.383 e. The fourth-order valence-corrected chi connectivity index (χ4v) is 3.26. The molecule has 2 fully saturated rings. The van der Waals surface area contributed by atoms with Gasteiger partial charge in [-0.05, 0) is 14.1 Å². The summed E-state index contributed by atoms with van der Waals surface area (Å²) < 4.78 is 5.30. The summed E-state index contributed by atoms with van der Waals surface area (Å²) in [6.45, 7) is 16.3. The SMILES string of the molecule is COCCN(CCN1CCN(C)CC1)CCN1CCN(C)CC1. The molecule has 0 atom stereocenters. The third kappa shape index (κ3) is 7.45. The highest BCUT2D eigenvalue weighted by molar-refractivity contribution is 4.73. The Bertz CT molecular complexity index is 275. The zero-order valence-electron chi connectivity index (χ0n) is 15.5. The Morgan fingerprint density at radius 2 is 1.13 bits per heavy atom. The van der Waals surface area contributed by atoms with E-state index in [0.717, 1.165) is 13.2 Å². The van der Waals surface area contributed by atoms with Crippen molar-refractivity contribution in [2.24, 2.45) is 0 Å². The summed E-state index contributed by atoms with van der Waals surface area (Å²) in [7, 11) is 6.25. The fourth-order valence-electron chi connectivity index (χ4n) is 3.26. The predicted octanol–water partition coefficient (Wildman–Crippen LogP) is -0.570. The van der Waals surface area contributed by atoms with Crippen LogP contribution in [0.2, 0.25) is 0 Å². The highest BCUT2D eigenvalue weighted by Crippen LogP contribution is 2.02. The van der Waals surface area contributed by atoms with E-state index >= 15 is 0 Å². The van der Waals surface area contributed by atoms with Gasteiger partial charge in [0.05, 0.1) is 6.61 Å². The lowest BCUT2D eigenvalue weighted by atomic mass is 10.3. The van der Waals surface area contributed by atoms with Gasteiger partial charge in [0, 0.05) is 92.2 Å². The lowest BCUT2D eigenvalue weighted by molar-refractivity contribution is 0.0979. The Kier molecular flexibility index (Phi) is 8.79. The Balaban J connectivity index is 1.66. The molecule has 0 bridgehead atoms. The first kappa shape index (κ1) is 19.1. The van der Waals surface area contributed by atoms with Crippen LogP contribution in [-0.2, 0) is 4.74 Å². The summed E-state index contributed by atoms with van der Waals surface area (Å²) in [6, 6.07) is 0. The molecule has 136 valence electrons. The van der Waals surface area contributed by atoms with Gasteiger partial charge in [0.1, 0.15) is 0 Å². The smallest absolute Gasteiger partial charge is 0.0589 e. The van der Waals surface area contributed by atoms with Gasteiger partial charge in [0.2, 0.25) is 0 Å². The van der Waals surface area contributed by atoms with E-state index in [-0.39, 0.29) is 0 Å². The van der Waals surface area contributed by atoms with Gasteiger partial charge in [-0.25, -0.2) is 0 Å². The fraction of sp³-hybridized carbons (Fsp3) is 1.00. The Labute approximate surface area is 142 Å². The molecule has 0 spiro atoms. The second-order valence-corrected chi connectivity index (χ2v) is 7.12. The molecule has 0 unspecified atom stereocenters. The molecular formula is C17H37N5O. The van der Waals surface area contributed by atoms with E-state index in [1.54, 1.807) is 7.11 Å². The number of rotatable bonds is 9. The molecule has 6 heteroatoms. The third-order valence-corrected chi connectivity index (χ3v) is 5.27. The molecule has 0 N–H and O–H groups in total. The molecule has 0 amide bonds. The first-order valence-electron chi connectivity index (χ1n) is 9.20. The molecule has 0 aromatic carbocycles. The maximum atomic E-state index is 5.30. The van der Waals surface area contributed by atoms with E-state index in [0.29, 0.717) is 0 Å². The molecule has 2 heterocycles. The summed E-state index contributed by atoms with van der Waals surface area (Å²) >= 11 is 0. The molecule has 2 aliphatic rings. The van der Waals surface area contributed by atoms with Crippen LogP contribution in [-0.4, -0.2) is 137 Å². The van der Waals surface area contributed by atoms with E-state index < -0.39 is 0 Å². The van der Waals surface area contributed by atoms with Crippen molar-refractivity contribution in [2.45, 2.75) is 0 Å². The van der Waals surface area contributed by atoms with Crippen molar-refractivity contribution in [3.8, 4) is 0 Å². The van der Waals surface area contributed by atoms with Crippen LogP contribution >= 0.6 is 0 Å². The number of nitrogens with zero attached hydrogens (tertiary/aromatic N) is 5. The van der Waals surface area contributed by atoms with E-state index in [2.05, 4.69) is 38.6 Å². The van der Waals surface area contributed by atoms with Gasteiger partial charge in [-0.3, -0.25) is 14.7 Å². The standard InChI is InChI=1S/C17H37N5O/c1-18-4-8-20(9-5-18)12-14-22(16-17-23-3)15-13-21-10-6-19(2)7-11-21/h4-17H2,1-3H3. The van der Waals surface area contributed by atoms with Crippen molar-refractivity contribution in [1.29, 1.82) is 0 Å². The normalized spacial score (nSPS) is 23.0. The lowest BCUT2D eigenvalue weighted by Crippen LogP contribution is -2.49. The van der Waals surface area contributed by atoms with Gasteiger partial charge in [-0.1, -0.05) is 0 Å². The number of hydrogen-bond donors (Lipinski definition) is 0. The average Bonchev–Trinajstić information content (AvgIpc) is 2.57. The number of piperazine rings is 2. The van der Waals surface area contributed by atoms with Crippen LogP contribution in [0.4, 0.5) is 0 Å². The second-order valence-electron chi connectivity index (χ2n) is 7.12. The van der Waals surface area contributed by atoms with Crippen LogP contribution in [0.3, 0.4) is 0 Å². The summed E-state index contributed by atoms with van der Waals surface area (Å²) in [6.07, 6.45) is 0. The molecule has 0 aliphatic carbocycles. The quantitative estimate of drug-likeness (QED) is 0.563. The Morgan fingerprint density at radius 3 is 1.52 bits per heavy atom. The number of ether oxygens (including phenoxy) is 1. The van der Waals surface area contributed by atoms with Crippen LogP contribution < -0.4 is 0 Å². The molecular weight excluding hydrogens is 290 g/mol. The Morgan fingerprint density at radius 1 is 0.696 bits per heavy atom. The molecule has 23 heavy (non-hydrogen) atoms. The van der Waals surface area contributed by atoms with Crippen molar-refractivity contribution in [3.05, 3.63) is 0 Å². The van der Waals surface area contributed by atoms with Crippen LogP contribution in [0, 0.1) is 0 Å². The van der Waals surface area contributed by atoms with Gasteiger partial charge >= 0.3 is 0 Å². The molecule has 0 saturated carbocycles. The summed E-state index contributed by atoms with van der Waals surface area (Å²) in [5.74, 6) is 0. The van der Waals surface area contributed by atoms with E-state index in [9.17, 15) is 0 Å². The minimum absolute atomic E-state index is 0.839. The third-order valence-electron chi connectivity index (χ3n) is 5.27. The molecule has 0 aromatic heterocycles. The van der Waals surface area contributed by atoms with Crippen molar-refractivity contribution in [1.82, 2.24) is 24.5 Å². The molecule has 0 aromatic rings. The topological polar surface area (TPSA) is 25.4 Å². The monoisotopic (exact) mass is 327 g/mol. The molecule has 2 saturated heterocycles. The van der Waals surface area contributed by atoms with Crippen LogP contribution in [0.15, 0.2) is 0 Å². The molecule has 2 rings (SSSR count). The molecule has 2 aliphatic heterocycles. The van der Waals surface area contributed by atoms with Crippen LogP contribution in [0.5, 0.6) is 0 Å². The van der Waals surface area contributed by atoms with Gasteiger partial charge in [0.15, 0.2) is 0 Å². The lowest BCUT2D eigenvalue weighted by Gasteiger charge is -2.35. The molecule has 6 nitrogen and oxygen atoms in total. The predicted molar refractivity (Wildman–Crippen MR) is 96.2 cm³/mol. The maximum absolute atomic E-state index is 5.30. The number of likely N-dealkylation sites (N-methyl/N-ethyl adjacent to an activating group) is 2. The van der Waals surface area contributed by atoms with Crippen molar-refractivity contribution in [2.75, 3.05) is 113 Å². The minimum Gasteiger partial charge on any atom is -0.383 e. The highest BCUT2D eigenvalue weighted by atomic mass is 16.5. The minimum atomic E-state index is 0.839. The van der Waals surface area contributed by atoms with Gasteiger partial charge in [0.25, 0.3) is 0 Å². The Hall–Kier alpha value is -0.240. The summed E-state index contributed by atoms with van der Waals surface area (Å²) in [5.41, 5.74) is 0. The van der Waals surface area contributed by atoms with E-state index in [4.69, 9.17) is 4.74 Å². The second kappa shape index (κ2) is 10.6. The van der Waals surface area contributed by atoms with Gasteiger partial charge < -0.3 is 14.5 Å². The number of hydrogen-bond acceptors (Lipinski definition) is 6. The van der Waals surface area contributed by atoms with Crippen LogP contribution in [0.1, 0.15) is 0 Å². The van der Waals surface area contributed by atoms with Crippen molar-refractivity contribution < 1.29 is 4.74 Å².